The molecule has 0 aliphatic heterocycles. The minimum Gasteiger partial charge on any atom is -0.339 e. The van der Waals surface area contributed by atoms with Crippen LogP contribution in [0.4, 0.5) is 0 Å². The molecule has 0 atom stereocenters. The zero-order valence-electron chi connectivity index (χ0n) is 14.9. The van der Waals surface area contributed by atoms with E-state index in [9.17, 15) is 9.59 Å². The van der Waals surface area contributed by atoms with Gasteiger partial charge in [-0.1, -0.05) is 35.9 Å². The molecule has 3 heterocycles. The lowest BCUT2D eigenvalue weighted by Crippen LogP contribution is -2.36. The summed E-state index contributed by atoms with van der Waals surface area (Å²) >= 11 is 6.45. The molecule has 0 saturated heterocycles. The van der Waals surface area contributed by atoms with Gasteiger partial charge in [0, 0.05) is 37.1 Å². The molecular weight excluding hydrogens is 364 g/mol. The van der Waals surface area contributed by atoms with Crippen LogP contribution in [0.15, 0.2) is 64.4 Å². The zero-order chi connectivity index (χ0) is 19.1. The molecule has 0 amide bonds. The normalized spacial score (nSPS) is 11.2. The second-order valence-electron chi connectivity index (χ2n) is 6.37. The largest absolute Gasteiger partial charge is 0.339 e. The molecule has 6 nitrogen and oxygen atoms in total. The summed E-state index contributed by atoms with van der Waals surface area (Å²) < 4.78 is 4.52. The van der Waals surface area contributed by atoms with Gasteiger partial charge < -0.3 is 4.57 Å². The first kappa shape index (κ1) is 17.3. The molecule has 0 bridgehead atoms. The Morgan fingerprint density at radius 2 is 1.74 bits per heavy atom. The Morgan fingerprint density at radius 1 is 1.00 bits per heavy atom. The number of hydrogen-bond acceptors (Lipinski definition) is 3. The van der Waals surface area contributed by atoms with E-state index in [2.05, 4.69) is 4.98 Å². The molecular formula is C20H17ClN4O2. The number of hydrogen-bond donors (Lipinski definition) is 0. The number of pyridine rings is 1. The van der Waals surface area contributed by atoms with Crippen molar-refractivity contribution in [3.63, 3.8) is 0 Å². The molecule has 0 aliphatic carbocycles. The maximum atomic E-state index is 13.0. The van der Waals surface area contributed by atoms with Crippen molar-refractivity contribution in [2.45, 2.75) is 6.54 Å². The fourth-order valence-electron chi connectivity index (χ4n) is 3.32. The van der Waals surface area contributed by atoms with Crippen molar-refractivity contribution < 1.29 is 0 Å². The van der Waals surface area contributed by atoms with E-state index in [1.165, 1.54) is 11.6 Å². The zero-order valence-corrected chi connectivity index (χ0v) is 15.6. The maximum absolute atomic E-state index is 13.0. The monoisotopic (exact) mass is 380 g/mol. The fraction of sp³-hybridized carbons (Fsp3) is 0.150. The SMILES string of the molecule is Cn1c(=O)c2c(-c3ccccc3Cl)n(Cc3ccccn3)cc2n(C)c1=O. The number of nitrogens with zero attached hydrogens (tertiary/aromatic N) is 4. The van der Waals surface area contributed by atoms with Gasteiger partial charge in [-0.15, -0.1) is 0 Å². The van der Waals surface area contributed by atoms with Crippen LogP contribution in [0.1, 0.15) is 5.69 Å². The number of benzene rings is 1. The highest BCUT2D eigenvalue weighted by Crippen LogP contribution is 2.33. The summed E-state index contributed by atoms with van der Waals surface area (Å²) in [5.41, 5.74) is 2.11. The summed E-state index contributed by atoms with van der Waals surface area (Å²) in [7, 11) is 3.14. The lowest BCUT2D eigenvalue weighted by molar-refractivity contribution is 0.714. The smallest absolute Gasteiger partial charge is 0.330 e. The lowest BCUT2D eigenvalue weighted by atomic mass is 10.1. The van der Waals surface area contributed by atoms with Gasteiger partial charge in [-0.2, -0.15) is 0 Å². The van der Waals surface area contributed by atoms with Gasteiger partial charge in [0.25, 0.3) is 5.56 Å². The van der Waals surface area contributed by atoms with Gasteiger partial charge in [-0.25, -0.2) is 4.79 Å². The van der Waals surface area contributed by atoms with Crippen LogP contribution in [-0.4, -0.2) is 18.7 Å². The van der Waals surface area contributed by atoms with E-state index in [1.807, 2.05) is 47.2 Å². The molecule has 0 aliphatic rings. The molecule has 0 N–H and O–H groups in total. The van der Waals surface area contributed by atoms with Crippen molar-refractivity contribution in [2.24, 2.45) is 14.1 Å². The van der Waals surface area contributed by atoms with Crippen molar-refractivity contribution >= 4 is 22.5 Å². The number of halogens is 1. The van der Waals surface area contributed by atoms with Crippen molar-refractivity contribution in [2.75, 3.05) is 0 Å². The number of aryl methyl sites for hydroxylation is 1. The average Bonchev–Trinajstić information content (AvgIpc) is 3.05. The summed E-state index contributed by atoms with van der Waals surface area (Å²) in [4.78, 5) is 29.7. The average molecular weight is 381 g/mol. The van der Waals surface area contributed by atoms with E-state index < -0.39 is 0 Å². The number of aromatic nitrogens is 4. The first-order valence-electron chi connectivity index (χ1n) is 8.42. The van der Waals surface area contributed by atoms with Crippen LogP contribution < -0.4 is 11.2 Å². The third-order valence-electron chi connectivity index (χ3n) is 4.70. The number of fused-ring (bicyclic) bond motifs is 1. The molecule has 3 aromatic heterocycles. The maximum Gasteiger partial charge on any atom is 0.330 e. The van der Waals surface area contributed by atoms with Gasteiger partial charge in [-0.3, -0.25) is 18.9 Å². The Kier molecular flexibility index (Phi) is 4.20. The fourth-order valence-corrected chi connectivity index (χ4v) is 3.55. The molecule has 0 spiro atoms. The summed E-state index contributed by atoms with van der Waals surface area (Å²) in [6, 6.07) is 13.0. The van der Waals surface area contributed by atoms with Crippen LogP contribution in [0, 0.1) is 0 Å². The quantitative estimate of drug-likeness (QED) is 0.549. The second kappa shape index (κ2) is 6.55. The third kappa shape index (κ3) is 2.78. The third-order valence-corrected chi connectivity index (χ3v) is 5.03. The van der Waals surface area contributed by atoms with E-state index in [4.69, 9.17) is 11.6 Å². The highest BCUT2D eigenvalue weighted by Gasteiger charge is 2.21. The minimum atomic E-state index is -0.367. The summed E-state index contributed by atoms with van der Waals surface area (Å²) in [5, 5.41) is 0.999. The second-order valence-corrected chi connectivity index (χ2v) is 6.78. The van der Waals surface area contributed by atoms with Crippen molar-refractivity contribution in [1.29, 1.82) is 0 Å². The van der Waals surface area contributed by atoms with E-state index in [1.54, 1.807) is 19.3 Å². The topological polar surface area (TPSA) is 61.8 Å². The highest BCUT2D eigenvalue weighted by molar-refractivity contribution is 6.33. The van der Waals surface area contributed by atoms with Gasteiger partial charge in [0.1, 0.15) is 0 Å². The van der Waals surface area contributed by atoms with Crippen molar-refractivity contribution in [3.8, 4) is 11.3 Å². The van der Waals surface area contributed by atoms with Gasteiger partial charge >= 0.3 is 5.69 Å². The summed E-state index contributed by atoms with van der Waals surface area (Å²) in [6.07, 6.45) is 3.54. The van der Waals surface area contributed by atoms with Crippen molar-refractivity contribution in [3.05, 3.63) is 86.4 Å². The van der Waals surface area contributed by atoms with Crippen LogP contribution in [0.25, 0.3) is 22.2 Å². The Labute approximate surface area is 159 Å². The Hall–Kier alpha value is -3.12. The van der Waals surface area contributed by atoms with Crippen LogP contribution in [-0.2, 0) is 20.6 Å². The predicted octanol–water partition coefficient (Wildman–Crippen LogP) is 2.80. The molecule has 0 saturated carbocycles. The highest BCUT2D eigenvalue weighted by atomic mass is 35.5. The summed E-state index contributed by atoms with van der Waals surface area (Å²) in [5.74, 6) is 0. The van der Waals surface area contributed by atoms with Crippen LogP contribution in [0.5, 0.6) is 0 Å². The standard InChI is InChI=1S/C20H17ClN4O2/c1-23-16-12-25(11-13-7-5-6-10-22-13)18(14-8-3-4-9-15(14)21)17(16)19(26)24(2)20(23)27/h3-10,12H,11H2,1-2H3. The van der Waals surface area contributed by atoms with Crippen LogP contribution >= 0.6 is 11.6 Å². The molecule has 1 aromatic carbocycles. The van der Waals surface area contributed by atoms with Gasteiger partial charge in [0.05, 0.1) is 28.8 Å². The van der Waals surface area contributed by atoms with Crippen molar-refractivity contribution in [1.82, 2.24) is 18.7 Å². The number of rotatable bonds is 3. The van der Waals surface area contributed by atoms with E-state index >= 15 is 0 Å². The van der Waals surface area contributed by atoms with E-state index in [0.29, 0.717) is 28.2 Å². The van der Waals surface area contributed by atoms with Crippen LogP contribution in [0.3, 0.4) is 0 Å². The first-order valence-corrected chi connectivity index (χ1v) is 8.80. The van der Waals surface area contributed by atoms with E-state index in [0.717, 1.165) is 15.8 Å². The summed E-state index contributed by atoms with van der Waals surface area (Å²) in [6.45, 7) is 0.452. The molecule has 136 valence electrons. The minimum absolute atomic E-state index is 0.345. The van der Waals surface area contributed by atoms with Crippen LogP contribution in [0.2, 0.25) is 5.02 Å². The Bertz CT molecular complexity index is 1270. The van der Waals surface area contributed by atoms with E-state index in [-0.39, 0.29) is 11.2 Å². The molecule has 0 radical (unpaired) electrons. The molecule has 4 aromatic rings. The molecule has 7 heteroatoms. The molecule has 27 heavy (non-hydrogen) atoms. The lowest BCUT2D eigenvalue weighted by Gasteiger charge is -2.11. The molecule has 0 unspecified atom stereocenters. The van der Waals surface area contributed by atoms with Gasteiger partial charge in [-0.05, 0) is 18.2 Å². The van der Waals surface area contributed by atoms with Gasteiger partial charge in [0.2, 0.25) is 0 Å². The Morgan fingerprint density at radius 3 is 2.44 bits per heavy atom. The molecule has 4 rings (SSSR count). The predicted molar refractivity (Wildman–Crippen MR) is 106 cm³/mol. The van der Waals surface area contributed by atoms with Gasteiger partial charge in [0.15, 0.2) is 0 Å². The molecule has 0 fully saturated rings. The first-order chi connectivity index (χ1) is 13.0. The Balaban J connectivity index is 2.11.